The molecule has 0 spiro atoms. The van der Waals surface area contributed by atoms with E-state index in [-0.39, 0.29) is 17.6 Å². The minimum absolute atomic E-state index is 0.0127. The number of nitrogens with two attached hydrogens (primary N) is 1. The molecule has 0 aromatic heterocycles. The molecular weight excluding hydrogens is 229 g/mol. The molecule has 5 heteroatoms. The SMILES string of the molecule is CC1CN(c2cc(F)cc(F)c2F)CCC1N. The lowest BCUT2D eigenvalue weighted by Gasteiger charge is -2.36. The first-order valence-corrected chi connectivity index (χ1v) is 5.64. The van der Waals surface area contributed by atoms with Gasteiger partial charge in [-0.1, -0.05) is 6.92 Å². The predicted octanol–water partition coefficient (Wildman–Crippen LogP) is 2.28. The van der Waals surface area contributed by atoms with E-state index >= 15 is 0 Å². The van der Waals surface area contributed by atoms with Crippen molar-refractivity contribution in [3.63, 3.8) is 0 Å². The normalized spacial score (nSPS) is 25.1. The Hall–Kier alpha value is -1.23. The summed E-state index contributed by atoms with van der Waals surface area (Å²) >= 11 is 0. The summed E-state index contributed by atoms with van der Waals surface area (Å²) in [6, 6.07) is 1.65. The molecule has 2 atom stereocenters. The summed E-state index contributed by atoms with van der Waals surface area (Å²) in [7, 11) is 0. The maximum absolute atomic E-state index is 13.6. The fourth-order valence-electron chi connectivity index (χ4n) is 2.16. The van der Waals surface area contributed by atoms with Gasteiger partial charge in [-0.2, -0.15) is 0 Å². The topological polar surface area (TPSA) is 29.3 Å². The van der Waals surface area contributed by atoms with Crippen LogP contribution >= 0.6 is 0 Å². The molecule has 1 fully saturated rings. The zero-order valence-corrected chi connectivity index (χ0v) is 9.59. The molecule has 1 saturated heterocycles. The lowest BCUT2D eigenvalue weighted by atomic mass is 9.94. The number of benzene rings is 1. The van der Waals surface area contributed by atoms with E-state index in [2.05, 4.69) is 0 Å². The standard InChI is InChI=1S/C12H15F3N2/c1-7-6-17(3-2-10(7)16)11-5-8(13)4-9(14)12(11)15/h4-5,7,10H,2-3,6,16H2,1H3. The average Bonchev–Trinajstić information content (AvgIpc) is 2.27. The maximum Gasteiger partial charge on any atom is 0.182 e. The molecule has 0 radical (unpaired) electrons. The van der Waals surface area contributed by atoms with Crippen molar-refractivity contribution in [1.29, 1.82) is 0 Å². The van der Waals surface area contributed by atoms with Gasteiger partial charge in [-0.15, -0.1) is 0 Å². The molecule has 0 aliphatic carbocycles. The molecular formula is C12H15F3N2. The van der Waals surface area contributed by atoms with Crippen molar-refractivity contribution in [2.24, 2.45) is 11.7 Å². The Labute approximate surface area is 98.2 Å². The van der Waals surface area contributed by atoms with Crippen LogP contribution in [0.1, 0.15) is 13.3 Å². The maximum atomic E-state index is 13.6. The monoisotopic (exact) mass is 244 g/mol. The van der Waals surface area contributed by atoms with Crippen molar-refractivity contribution >= 4 is 5.69 Å². The van der Waals surface area contributed by atoms with E-state index in [9.17, 15) is 13.2 Å². The highest BCUT2D eigenvalue weighted by atomic mass is 19.2. The van der Waals surface area contributed by atoms with Gasteiger partial charge in [0.1, 0.15) is 5.82 Å². The summed E-state index contributed by atoms with van der Waals surface area (Å²) in [4.78, 5) is 1.65. The van der Waals surface area contributed by atoms with Crippen LogP contribution in [0.3, 0.4) is 0 Å². The third kappa shape index (κ3) is 2.39. The number of anilines is 1. The Morgan fingerprint density at radius 3 is 2.65 bits per heavy atom. The minimum Gasteiger partial charge on any atom is -0.369 e. The third-order valence-electron chi connectivity index (χ3n) is 3.29. The van der Waals surface area contributed by atoms with Gasteiger partial charge < -0.3 is 10.6 Å². The summed E-state index contributed by atoms with van der Waals surface area (Å²) in [5, 5.41) is 0. The largest absolute Gasteiger partial charge is 0.369 e. The molecule has 1 aliphatic rings. The van der Waals surface area contributed by atoms with Gasteiger partial charge in [0.05, 0.1) is 5.69 Å². The molecule has 2 rings (SSSR count). The second-order valence-electron chi connectivity index (χ2n) is 4.60. The number of hydrogen-bond acceptors (Lipinski definition) is 2. The van der Waals surface area contributed by atoms with Crippen LogP contribution in [0.2, 0.25) is 0 Å². The zero-order valence-electron chi connectivity index (χ0n) is 9.59. The van der Waals surface area contributed by atoms with Gasteiger partial charge in [-0.3, -0.25) is 0 Å². The molecule has 2 nitrogen and oxygen atoms in total. The van der Waals surface area contributed by atoms with Gasteiger partial charge in [-0.05, 0) is 12.3 Å². The number of piperidine rings is 1. The van der Waals surface area contributed by atoms with Crippen LogP contribution in [-0.4, -0.2) is 19.1 Å². The number of hydrogen-bond donors (Lipinski definition) is 1. The van der Waals surface area contributed by atoms with E-state index in [1.165, 1.54) is 0 Å². The Bertz CT molecular complexity index is 422. The van der Waals surface area contributed by atoms with Crippen molar-refractivity contribution in [2.45, 2.75) is 19.4 Å². The van der Waals surface area contributed by atoms with Crippen LogP contribution < -0.4 is 10.6 Å². The van der Waals surface area contributed by atoms with Crippen molar-refractivity contribution in [2.75, 3.05) is 18.0 Å². The molecule has 0 saturated carbocycles. The zero-order chi connectivity index (χ0) is 12.6. The van der Waals surface area contributed by atoms with E-state index in [1.807, 2.05) is 6.92 Å². The molecule has 1 heterocycles. The van der Waals surface area contributed by atoms with Gasteiger partial charge in [0, 0.05) is 31.3 Å². The first kappa shape index (κ1) is 12.2. The summed E-state index contributed by atoms with van der Waals surface area (Å²) in [6.07, 6.45) is 0.693. The fraction of sp³-hybridized carbons (Fsp3) is 0.500. The Morgan fingerprint density at radius 2 is 2.00 bits per heavy atom. The smallest absolute Gasteiger partial charge is 0.182 e. The summed E-state index contributed by atoms with van der Waals surface area (Å²) in [5.74, 6) is -2.73. The van der Waals surface area contributed by atoms with E-state index in [1.54, 1.807) is 4.90 Å². The highest BCUT2D eigenvalue weighted by Crippen LogP contribution is 2.27. The van der Waals surface area contributed by atoms with Crippen molar-refractivity contribution < 1.29 is 13.2 Å². The molecule has 2 N–H and O–H groups in total. The summed E-state index contributed by atoms with van der Waals surface area (Å²) < 4.78 is 39.8. The number of halogens is 3. The van der Waals surface area contributed by atoms with Gasteiger partial charge in [0.15, 0.2) is 11.6 Å². The van der Waals surface area contributed by atoms with Crippen LogP contribution in [0.15, 0.2) is 12.1 Å². The van der Waals surface area contributed by atoms with Crippen molar-refractivity contribution in [3.05, 3.63) is 29.6 Å². The lowest BCUT2D eigenvalue weighted by molar-refractivity contribution is 0.378. The van der Waals surface area contributed by atoms with Crippen molar-refractivity contribution in [1.82, 2.24) is 0 Å². The number of rotatable bonds is 1. The van der Waals surface area contributed by atoms with Gasteiger partial charge in [0.2, 0.25) is 0 Å². The molecule has 0 bridgehead atoms. The third-order valence-corrected chi connectivity index (χ3v) is 3.29. The molecule has 1 aromatic rings. The number of nitrogens with zero attached hydrogens (tertiary/aromatic N) is 1. The van der Waals surface area contributed by atoms with Crippen LogP contribution in [0.25, 0.3) is 0 Å². The van der Waals surface area contributed by atoms with E-state index < -0.39 is 17.5 Å². The van der Waals surface area contributed by atoms with Gasteiger partial charge in [0.25, 0.3) is 0 Å². The second-order valence-corrected chi connectivity index (χ2v) is 4.60. The minimum atomic E-state index is -1.15. The van der Waals surface area contributed by atoms with E-state index in [0.717, 1.165) is 6.07 Å². The summed E-state index contributed by atoms with van der Waals surface area (Å²) in [6.45, 7) is 2.98. The Morgan fingerprint density at radius 1 is 1.29 bits per heavy atom. The van der Waals surface area contributed by atoms with Crippen LogP contribution in [0.4, 0.5) is 18.9 Å². The molecule has 1 aliphatic heterocycles. The van der Waals surface area contributed by atoms with Gasteiger partial charge >= 0.3 is 0 Å². The highest BCUT2D eigenvalue weighted by Gasteiger charge is 2.26. The predicted molar refractivity (Wildman–Crippen MR) is 60.3 cm³/mol. The first-order chi connectivity index (χ1) is 7.99. The Kier molecular flexibility index (Phi) is 3.28. The molecule has 17 heavy (non-hydrogen) atoms. The first-order valence-electron chi connectivity index (χ1n) is 5.64. The average molecular weight is 244 g/mol. The van der Waals surface area contributed by atoms with Crippen LogP contribution in [0.5, 0.6) is 0 Å². The molecule has 0 amide bonds. The molecule has 94 valence electrons. The summed E-state index contributed by atoms with van der Waals surface area (Å²) in [5.41, 5.74) is 5.84. The Balaban J connectivity index is 2.28. The van der Waals surface area contributed by atoms with Gasteiger partial charge in [-0.25, -0.2) is 13.2 Å². The highest BCUT2D eigenvalue weighted by molar-refractivity contribution is 5.49. The lowest BCUT2D eigenvalue weighted by Crippen LogP contribution is -2.46. The second kappa shape index (κ2) is 4.56. The van der Waals surface area contributed by atoms with Crippen molar-refractivity contribution in [3.8, 4) is 0 Å². The van der Waals surface area contributed by atoms with E-state index in [4.69, 9.17) is 5.73 Å². The fourth-order valence-corrected chi connectivity index (χ4v) is 2.16. The molecule has 1 aromatic carbocycles. The van der Waals surface area contributed by atoms with E-state index in [0.29, 0.717) is 25.6 Å². The quantitative estimate of drug-likeness (QED) is 0.768. The van der Waals surface area contributed by atoms with Crippen LogP contribution in [0, 0.1) is 23.4 Å². The molecule has 2 unspecified atom stereocenters. The van der Waals surface area contributed by atoms with Crippen LogP contribution in [-0.2, 0) is 0 Å².